The Morgan fingerprint density at radius 1 is 0.647 bits per heavy atom. The quantitative estimate of drug-likeness (QED) is 0.134. The highest BCUT2D eigenvalue weighted by molar-refractivity contribution is 7.18. The number of rotatable bonds is 17. The van der Waals surface area contributed by atoms with Crippen LogP contribution >= 0.6 is 11.3 Å². The van der Waals surface area contributed by atoms with Crippen LogP contribution in [0.2, 0.25) is 0 Å². The predicted octanol–water partition coefficient (Wildman–Crippen LogP) is 6.57. The summed E-state index contributed by atoms with van der Waals surface area (Å²) >= 11 is 1.90. The Morgan fingerprint density at radius 3 is 1.85 bits per heavy atom. The van der Waals surface area contributed by atoms with Crippen LogP contribution in [0.25, 0.3) is 10.2 Å². The molecule has 0 aliphatic rings. The number of fused-ring (bicyclic) bond motifs is 1. The monoisotopic (exact) mass is 543 g/mol. The Labute approximate surface area is 223 Å². The topological polar surface area (TPSA) is 3.88 Å². The second-order valence-corrected chi connectivity index (χ2v) is 11.1. The Morgan fingerprint density at radius 2 is 1.21 bits per heavy atom. The van der Waals surface area contributed by atoms with E-state index in [0.717, 1.165) is 6.54 Å². The summed E-state index contributed by atoms with van der Waals surface area (Å²) in [5.41, 5.74) is 4.29. The first-order chi connectivity index (χ1) is 16.3. The third-order valence-corrected chi connectivity index (χ3v) is 8.03. The summed E-state index contributed by atoms with van der Waals surface area (Å²) in [7, 11) is 0. The molecule has 0 saturated heterocycles. The van der Waals surface area contributed by atoms with Crippen molar-refractivity contribution in [3.05, 3.63) is 64.7 Å². The fourth-order valence-corrected chi connectivity index (χ4v) is 5.96. The Balaban J connectivity index is 0.00000408. The standard InChI is InChI=1S/C31H46NS.BrH/c1-3-4-5-6-7-8-9-10-11-12-13-14-15-16-20-28-21-19-22-29(25-28)26-32-27(2)33-31-24-18-17-23-30(31)32;/h17-19,21-25H,3-16,20,26H2,1-2H3;1H/q+1;/p-1. The fraction of sp³-hybridized carbons (Fsp3) is 0.581. The Hall–Kier alpha value is -1.19. The van der Waals surface area contributed by atoms with Gasteiger partial charge in [-0.2, -0.15) is 4.57 Å². The summed E-state index contributed by atoms with van der Waals surface area (Å²) in [6.07, 6.45) is 21.2. The molecule has 0 bridgehead atoms. The van der Waals surface area contributed by atoms with Gasteiger partial charge in [0, 0.05) is 18.6 Å². The highest BCUT2D eigenvalue weighted by Crippen LogP contribution is 2.20. The molecule has 1 aromatic heterocycles. The Kier molecular flexibility index (Phi) is 14.8. The smallest absolute Gasteiger partial charge is 0.235 e. The fourth-order valence-electron chi connectivity index (χ4n) is 4.94. The molecule has 0 aliphatic heterocycles. The van der Waals surface area contributed by atoms with E-state index in [0.29, 0.717) is 0 Å². The summed E-state index contributed by atoms with van der Waals surface area (Å²) in [4.78, 5) is 0. The summed E-state index contributed by atoms with van der Waals surface area (Å²) < 4.78 is 3.85. The zero-order chi connectivity index (χ0) is 23.1. The van der Waals surface area contributed by atoms with Crippen molar-refractivity contribution in [2.45, 2.75) is 117 Å². The first kappa shape index (κ1) is 29.0. The highest BCUT2D eigenvalue weighted by atomic mass is 79.9. The molecule has 0 fully saturated rings. The molecule has 0 amide bonds. The van der Waals surface area contributed by atoms with Crippen LogP contribution in [0.3, 0.4) is 0 Å². The van der Waals surface area contributed by atoms with Gasteiger partial charge in [0.15, 0.2) is 6.54 Å². The molecule has 2 aromatic carbocycles. The van der Waals surface area contributed by atoms with E-state index < -0.39 is 0 Å². The minimum absolute atomic E-state index is 0. The van der Waals surface area contributed by atoms with E-state index in [1.165, 1.54) is 123 Å². The van der Waals surface area contributed by atoms with Crippen LogP contribution in [0, 0.1) is 6.92 Å². The number of benzene rings is 2. The number of unbranched alkanes of at least 4 members (excludes halogenated alkanes) is 13. The zero-order valence-corrected chi connectivity index (χ0v) is 24.1. The molecule has 0 atom stereocenters. The first-order valence-electron chi connectivity index (χ1n) is 13.7. The van der Waals surface area contributed by atoms with Gasteiger partial charge >= 0.3 is 0 Å². The average Bonchev–Trinajstić information content (AvgIpc) is 3.14. The molecule has 0 N–H and O–H groups in total. The largest absolute Gasteiger partial charge is 1.00 e. The molecule has 3 heteroatoms. The third-order valence-electron chi connectivity index (χ3n) is 6.94. The number of nitrogens with zero attached hydrogens (tertiary/aromatic N) is 1. The number of hydrogen-bond donors (Lipinski definition) is 0. The van der Waals surface area contributed by atoms with Gasteiger partial charge in [0.05, 0.1) is 0 Å². The molecule has 0 spiro atoms. The van der Waals surface area contributed by atoms with E-state index in [9.17, 15) is 0 Å². The van der Waals surface area contributed by atoms with E-state index in [2.05, 4.69) is 66.9 Å². The third kappa shape index (κ3) is 10.2. The van der Waals surface area contributed by atoms with Gasteiger partial charge in [-0.1, -0.05) is 132 Å². The van der Waals surface area contributed by atoms with Gasteiger partial charge < -0.3 is 17.0 Å². The number of halogens is 1. The van der Waals surface area contributed by atoms with E-state index >= 15 is 0 Å². The van der Waals surface area contributed by atoms with Crippen molar-refractivity contribution in [1.29, 1.82) is 0 Å². The van der Waals surface area contributed by atoms with Crippen LogP contribution in [0.15, 0.2) is 48.5 Å². The second-order valence-electron chi connectivity index (χ2n) is 9.84. The van der Waals surface area contributed by atoms with E-state index in [1.54, 1.807) is 0 Å². The maximum absolute atomic E-state index is 2.46. The number of aryl methyl sites for hydroxylation is 2. The molecule has 188 valence electrons. The van der Waals surface area contributed by atoms with Crippen LogP contribution in [0.1, 0.15) is 113 Å². The number of aromatic nitrogens is 1. The van der Waals surface area contributed by atoms with Crippen LogP contribution in [0.4, 0.5) is 0 Å². The van der Waals surface area contributed by atoms with Gasteiger partial charge in [0.1, 0.15) is 4.70 Å². The molecule has 3 aromatic rings. The van der Waals surface area contributed by atoms with Crippen molar-refractivity contribution in [3.63, 3.8) is 0 Å². The van der Waals surface area contributed by atoms with Crippen LogP contribution < -0.4 is 21.5 Å². The van der Waals surface area contributed by atoms with Gasteiger partial charge in [0.2, 0.25) is 10.5 Å². The highest BCUT2D eigenvalue weighted by Gasteiger charge is 2.16. The maximum Gasteiger partial charge on any atom is 0.235 e. The number of hydrogen-bond acceptors (Lipinski definition) is 1. The van der Waals surface area contributed by atoms with Crippen molar-refractivity contribution in [2.75, 3.05) is 0 Å². The van der Waals surface area contributed by atoms with Crippen LogP contribution in [-0.4, -0.2) is 0 Å². The van der Waals surface area contributed by atoms with Gasteiger partial charge in [0.25, 0.3) is 0 Å². The van der Waals surface area contributed by atoms with Crippen molar-refractivity contribution in [2.24, 2.45) is 0 Å². The second kappa shape index (κ2) is 17.3. The van der Waals surface area contributed by atoms with Crippen molar-refractivity contribution < 1.29 is 21.5 Å². The van der Waals surface area contributed by atoms with E-state index in [1.807, 2.05) is 11.3 Å². The molecular formula is C31H46BrNS. The van der Waals surface area contributed by atoms with Crippen LogP contribution in [0.5, 0.6) is 0 Å². The first-order valence-corrected chi connectivity index (χ1v) is 14.6. The van der Waals surface area contributed by atoms with Gasteiger partial charge in [-0.05, 0) is 30.5 Å². The molecule has 3 rings (SSSR count). The lowest BCUT2D eigenvalue weighted by Crippen LogP contribution is -3.00. The summed E-state index contributed by atoms with van der Waals surface area (Å²) in [6.45, 7) is 5.51. The van der Waals surface area contributed by atoms with Gasteiger partial charge in [-0.25, -0.2) is 0 Å². The van der Waals surface area contributed by atoms with Crippen molar-refractivity contribution in [3.8, 4) is 0 Å². The number of thiazole rings is 1. The minimum Gasteiger partial charge on any atom is -1.00 e. The number of para-hydroxylation sites is 1. The lowest BCUT2D eigenvalue weighted by Gasteiger charge is -2.05. The van der Waals surface area contributed by atoms with E-state index in [-0.39, 0.29) is 17.0 Å². The van der Waals surface area contributed by atoms with Gasteiger partial charge in [-0.3, -0.25) is 0 Å². The predicted molar refractivity (Wildman–Crippen MR) is 146 cm³/mol. The van der Waals surface area contributed by atoms with Crippen LogP contribution in [-0.2, 0) is 13.0 Å². The molecule has 1 heterocycles. The summed E-state index contributed by atoms with van der Waals surface area (Å²) in [5.74, 6) is 0. The molecular weight excluding hydrogens is 498 g/mol. The average molecular weight is 545 g/mol. The minimum atomic E-state index is 0. The molecule has 0 aliphatic carbocycles. The Bertz CT molecular complexity index is 932. The molecule has 1 nitrogen and oxygen atoms in total. The summed E-state index contributed by atoms with van der Waals surface area (Å²) in [5, 5.41) is 1.38. The lowest BCUT2D eigenvalue weighted by molar-refractivity contribution is -0.664. The lowest BCUT2D eigenvalue weighted by atomic mass is 10.0. The SMILES string of the molecule is CCCCCCCCCCCCCCCCc1cccc(C[n+]2c(C)sc3ccccc32)c1.[Br-]. The maximum atomic E-state index is 2.46. The van der Waals surface area contributed by atoms with Gasteiger partial charge in [-0.15, -0.1) is 0 Å². The summed E-state index contributed by atoms with van der Waals surface area (Å²) in [6, 6.07) is 18.0. The molecule has 0 unspecified atom stereocenters. The zero-order valence-electron chi connectivity index (χ0n) is 21.7. The normalized spacial score (nSPS) is 11.1. The van der Waals surface area contributed by atoms with E-state index in [4.69, 9.17) is 0 Å². The molecule has 0 radical (unpaired) electrons. The van der Waals surface area contributed by atoms with Crippen molar-refractivity contribution >= 4 is 21.6 Å². The molecule has 34 heavy (non-hydrogen) atoms. The van der Waals surface area contributed by atoms with Crippen molar-refractivity contribution in [1.82, 2.24) is 0 Å². The molecule has 0 saturated carbocycles.